The number of rotatable bonds is 3. The maximum absolute atomic E-state index is 11.8. The highest BCUT2D eigenvalue weighted by molar-refractivity contribution is 5.77. The van der Waals surface area contributed by atoms with Gasteiger partial charge in [-0.2, -0.15) is 0 Å². The molecule has 1 aromatic rings. The third kappa shape index (κ3) is 2.40. The van der Waals surface area contributed by atoms with Gasteiger partial charge in [0.1, 0.15) is 0 Å². The molecule has 1 amide bonds. The van der Waals surface area contributed by atoms with Gasteiger partial charge in [0.25, 0.3) is 0 Å². The van der Waals surface area contributed by atoms with Crippen molar-refractivity contribution < 1.29 is 9.53 Å². The molecule has 1 aliphatic heterocycles. The minimum absolute atomic E-state index is 0.00861. The van der Waals surface area contributed by atoms with Crippen molar-refractivity contribution in [2.75, 3.05) is 14.2 Å². The second kappa shape index (κ2) is 5.50. The fraction of sp³-hybridized carbons (Fsp3) is 0.500. The quantitative estimate of drug-likeness (QED) is 0.881. The van der Waals surface area contributed by atoms with Gasteiger partial charge in [0.15, 0.2) is 0 Å². The van der Waals surface area contributed by atoms with Crippen molar-refractivity contribution >= 4 is 5.91 Å². The number of likely N-dealkylation sites (N-methyl/N-ethyl adjacent to an activating group) is 1. The number of nitrogens with zero attached hydrogens (tertiary/aromatic N) is 1. The summed E-state index contributed by atoms with van der Waals surface area (Å²) >= 11 is 0. The van der Waals surface area contributed by atoms with Crippen LogP contribution in [0.5, 0.6) is 0 Å². The van der Waals surface area contributed by atoms with E-state index in [2.05, 4.69) is 0 Å². The Kier molecular flexibility index (Phi) is 3.99. The summed E-state index contributed by atoms with van der Waals surface area (Å²) in [7, 11) is 3.50. The Hall–Kier alpha value is -1.39. The third-order valence-electron chi connectivity index (χ3n) is 3.58. The summed E-state index contributed by atoms with van der Waals surface area (Å²) in [6, 6.07) is 7.97. The smallest absolute Gasteiger partial charge is 0.222 e. The van der Waals surface area contributed by atoms with Crippen LogP contribution in [0.15, 0.2) is 24.3 Å². The Labute approximate surface area is 108 Å². The lowest BCUT2D eigenvalue weighted by molar-refractivity contribution is -0.135. The predicted octanol–water partition coefficient (Wildman–Crippen LogP) is 1.45. The molecule has 1 saturated heterocycles. The minimum Gasteiger partial charge on any atom is -0.380 e. The van der Waals surface area contributed by atoms with Crippen molar-refractivity contribution in [3.05, 3.63) is 35.4 Å². The van der Waals surface area contributed by atoms with Crippen LogP contribution in [0.25, 0.3) is 0 Å². The molecule has 1 aliphatic rings. The lowest BCUT2D eigenvalue weighted by Crippen LogP contribution is -2.47. The van der Waals surface area contributed by atoms with E-state index in [1.807, 2.05) is 31.3 Å². The molecule has 2 N–H and O–H groups in total. The highest BCUT2D eigenvalue weighted by Crippen LogP contribution is 2.31. The fourth-order valence-electron chi connectivity index (χ4n) is 2.62. The molecule has 0 spiro atoms. The van der Waals surface area contributed by atoms with Crippen LogP contribution in [0.2, 0.25) is 0 Å². The minimum atomic E-state index is -0.0439. The van der Waals surface area contributed by atoms with Gasteiger partial charge < -0.3 is 15.4 Å². The van der Waals surface area contributed by atoms with Gasteiger partial charge >= 0.3 is 0 Å². The van der Waals surface area contributed by atoms with E-state index >= 15 is 0 Å². The normalized spacial score (nSPS) is 24.4. The summed E-state index contributed by atoms with van der Waals surface area (Å²) in [5.74, 6) is 0.161. The van der Waals surface area contributed by atoms with Crippen LogP contribution in [0.3, 0.4) is 0 Å². The molecule has 0 aromatic heterocycles. The predicted molar refractivity (Wildman–Crippen MR) is 69.9 cm³/mol. The molecule has 2 unspecified atom stereocenters. The zero-order chi connectivity index (χ0) is 13.1. The topological polar surface area (TPSA) is 55.6 Å². The summed E-state index contributed by atoms with van der Waals surface area (Å²) < 4.78 is 5.21. The van der Waals surface area contributed by atoms with Crippen molar-refractivity contribution in [3.63, 3.8) is 0 Å². The van der Waals surface area contributed by atoms with Gasteiger partial charge in [-0.3, -0.25) is 4.79 Å². The Balaban J connectivity index is 2.36. The average molecular weight is 248 g/mol. The van der Waals surface area contributed by atoms with Crippen molar-refractivity contribution in [1.29, 1.82) is 0 Å². The number of benzene rings is 1. The first kappa shape index (κ1) is 13.1. The molecule has 4 heteroatoms. The van der Waals surface area contributed by atoms with Crippen LogP contribution in [0.4, 0.5) is 0 Å². The molecular weight excluding hydrogens is 228 g/mol. The summed E-state index contributed by atoms with van der Waals surface area (Å²) in [5.41, 5.74) is 8.39. The van der Waals surface area contributed by atoms with E-state index in [1.165, 1.54) is 0 Å². The first-order valence-corrected chi connectivity index (χ1v) is 6.23. The number of carbonyl (C=O) groups is 1. The first-order valence-electron chi connectivity index (χ1n) is 6.23. The van der Waals surface area contributed by atoms with Gasteiger partial charge in [0.2, 0.25) is 5.91 Å². The van der Waals surface area contributed by atoms with E-state index in [0.717, 1.165) is 17.5 Å². The number of piperidine rings is 1. The van der Waals surface area contributed by atoms with Crippen molar-refractivity contribution in [3.8, 4) is 0 Å². The van der Waals surface area contributed by atoms with E-state index in [-0.39, 0.29) is 18.0 Å². The molecule has 1 fully saturated rings. The molecule has 4 nitrogen and oxygen atoms in total. The summed E-state index contributed by atoms with van der Waals surface area (Å²) in [4.78, 5) is 13.6. The average Bonchev–Trinajstić information content (AvgIpc) is 2.37. The van der Waals surface area contributed by atoms with Gasteiger partial charge in [0, 0.05) is 26.6 Å². The van der Waals surface area contributed by atoms with Crippen molar-refractivity contribution in [2.24, 2.45) is 5.73 Å². The van der Waals surface area contributed by atoms with Crippen LogP contribution >= 0.6 is 0 Å². The van der Waals surface area contributed by atoms with Crippen LogP contribution < -0.4 is 5.73 Å². The second-order valence-corrected chi connectivity index (χ2v) is 4.78. The molecule has 0 saturated carbocycles. The standard InChI is InChI=1S/C14H20N2O2/c1-16-13(17)8-7-12(15)14(16)11-6-4-3-5-10(11)9-18-2/h3-6,12,14H,7-9,15H2,1-2H3. The summed E-state index contributed by atoms with van der Waals surface area (Å²) in [6.45, 7) is 0.543. The number of methoxy groups -OCH3 is 1. The molecular formula is C14H20N2O2. The van der Waals surface area contributed by atoms with Gasteiger partial charge in [-0.15, -0.1) is 0 Å². The van der Waals surface area contributed by atoms with E-state index in [0.29, 0.717) is 13.0 Å². The highest BCUT2D eigenvalue weighted by atomic mass is 16.5. The largest absolute Gasteiger partial charge is 0.380 e. The maximum Gasteiger partial charge on any atom is 0.222 e. The van der Waals surface area contributed by atoms with Crippen molar-refractivity contribution in [2.45, 2.75) is 31.5 Å². The fourth-order valence-corrected chi connectivity index (χ4v) is 2.62. The molecule has 0 bridgehead atoms. The van der Waals surface area contributed by atoms with Gasteiger partial charge in [-0.05, 0) is 17.5 Å². The van der Waals surface area contributed by atoms with E-state index < -0.39 is 0 Å². The Bertz CT molecular complexity index is 434. The van der Waals surface area contributed by atoms with Crippen molar-refractivity contribution in [1.82, 2.24) is 4.90 Å². The van der Waals surface area contributed by atoms with Gasteiger partial charge in [-0.1, -0.05) is 24.3 Å². The van der Waals surface area contributed by atoms with Crippen LogP contribution in [0, 0.1) is 0 Å². The Morgan fingerprint density at radius 2 is 2.17 bits per heavy atom. The number of hydrogen-bond acceptors (Lipinski definition) is 3. The molecule has 2 atom stereocenters. The first-order chi connectivity index (χ1) is 8.65. The number of ether oxygens (including phenoxy) is 1. The molecule has 98 valence electrons. The molecule has 0 aliphatic carbocycles. The van der Waals surface area contributed by atoms with Crippen LogP contribution in [-0.4, -0.2) is 31.0 Å². The number of nitrogens with two attached hydrogens (primary N) is 1. The zero-order valence-electron chi connectivity index (χ0n) is 10.9. The van der Waals surface area contributed by atoms with Gasteiger partial charge in [0.05, 0.1) is 12.6 Å². The second-order valence-electron chi connectivity index (χ2n) is 4.78. The lowest BCUT2D eigenvalue weighted by atomic mass is 9.88. The monoisotopic (exact) mass is 248 g/mol. The lowest BCUT2D eigenvalue weighted by Gasteiger charge is -2.38. The molecule has 1 heterocycles. The number of carbonyl (C=O) groups excluding carboxylic acids is 1. The summed E-state index contributed by atoms with van der Waals surface area (Å²) in [6.07, 6.45) is 1.29. The highest BCUT2D eigenvalue weighted by Gasteiger charge is 2.33. The van der Waals surface area contributed by atoms with E-state index in [4.69, 9.17) is 10.5 Å². The van der Waals surface area contributed by atoms with E-state index in [1.54, 1.807) is 12.0 Å². The van der Waals surface area contributed by atoms with E-state index in [9.17, 15) is 4.79 Å². The summed E-state index contributed by atoms with van der Waals surface area (Å²) in [5, 5.41) is 0. The number of hydrogen-bond donors (Lipinski definition) is 1. The van der Waals surface area contributed by atoms with Crippen LogP contribution in [0.1, 0.15) is 30.0 Å². The van der Waals surface area contributed by atoms with Gasteiger partial charge in [-0.25, -0.2) is 0 Å². The third-order valence-corrected chi connectivity index (χ3v) is 3.58. The van der Waals surface area contributed by atoms with Crippen LogP contribution in [-0.2, 0) is 16.1 Å². The molecule has 0 radical (unpaired) electrons. The maximum atomic E-state index is 11.8. The number of likely N-dealkylation sites (tertiary alicyclic amines) is 1. The molecule has 2 rings (SSSR count). The molecule has 1 aromatic carbocycles. The Morgan fingerprint density at radius 1 is 1.44 bits per heavy atom. The molecule has 18 heavy (non-hydrogen) atoms. The zero-order valence-corrected chi connectivity index (χ0v) is 10.9. The Morgan fingerprint density at radius 3 is 2.89 bits per heavy atom. The number of amides is 1. The SMILES string of the molecule is COCc1ccccc1C1C(N)CCC(=O)N1C.